The van der Waals surface area contributed by atoms with E-state index in [0.717, 1.165) is 44.6 Å². The molecule has 2 rings (SSSR count). The number of likely N-dealkylation sites (tertiary alicyclic amines) is 1. The van der Waals surface area contributed by atoms with E-state index >= 15 is 0 Å². The normalized spacial score (nSPS) is 20.7. The van der Waals surface area contributed by atoms with Crippen LogP contribution in [0, 0.1) is 11.3 Å². The molecule has 0 radical (unpaired) electrons. The molecule has 5 nitrogen and oxygen atoms in total. The lowest BCUT2D eigenvalue weighted by Crippen LogP contribution is -2.44. The van der Waals surface area contributed by atoms with Gasteiger partial charge in [0.1, 0.15) is 0 Å². The van der Waals surface area contributed by atoms with Crippen molar-refractivity contribution in [2.24, 2.45) is 18.4 Å². The summed E-state index contributed by atoms with van der Waals surface area (Å²) in [6, 6.07) is 2.16. The monoisotopic (exact) mass is 293 g/mol. The quantitative estimate of drug-likeness (QED) is 0.905. The molecule has 5 heteroatoms. The zero-order valence-corrected chi connectivity index (χ0v) is 13.6. The van der Waals surface area contributed by atoms with E-state index in [-0.39, 0.29) is 5.92 Å². The predicted octanol–water partition coefficient (Wildman–Crippen LogP) is 2.31. The average Bonchev–Trinajstić information content (AvgIpc) is 2.79. The van der Waals surface area contributed by atoms with Crippen molar-refractivity contribution in [3.63, 3.8) is 0 Å². The number of aryl methyl sites for hydroxylation is 2. The Labute approximate surface area is 126 Å². The van der Waals surface area contributed by atoms with Gasteiger partial charge >= 0.3 is 5.97 Å². The van der Waals surface area contributed by atoms with Gasteiger partial charge in [0.05, 0.1) is 16.8 Å². The first-order chi connectivity index (χ1) is 9.84. The molecule has 1 aromatic heterocycles. The second kappa shape index (κ2) is 6.18. The van der Waals surface area contributed by atoms with E-state index in [1.807, 2.05) is 25.6 Å². The first-order valence-electron chi connectivity index (χ1n) is 7.82. The first kappa shape index (κ1) is 16.0. The van der Waals surface area contributed by atoms with Crippen LogP contribution in [-0.4, -0.2) is 38.8 Å². The number of aromatic nitrogens is 2. The summed E-state index contributed by atoms with van der Waals surface area (Å²) in [7, 11) is 1.98. The minimum atomic E-state index is -0.692. The Morgan fingerprint density at radius 3 is 2.81 bits per heavy atom. The zero-order valence-electron chi connectivity index (χ0n) is 13.6. The molecule has 1 atom stereocenters. The van der Waals surface area contributed by atoms with Crippen molar-refractivity contribution in [3.05, 3.63) is 17.5 Å². The van der Waals surface area contributed by atoms with Gasteiger partial charge in [0, 0.05) is 20.1 Å². The fourth-order valence-corrected chi connectivity index (χ4v) is 3.08. The number of carboxylic acid groups (broad SMARTS) is 1. The molecule has 1 saturated heterocycles. The van der Waals surface area contributed by atoms with Crippen LogP contribution >= 0.6 is 0 Å². The van der Waals surface area contributed by atoms with Crippen LogP contribution in [0.25, 0.3) is 0 Å². The molecular weight excluding hydrogens is 266 g/mol. The van der Waals surface area contributed by atoms with Crippen LogP contribution in [0.3, 0.4) is 0 Å². The Bertz CT molecular complexity index is 508. The van der Waals surface area contributed by atoms with Gasteiger partial charge in [0.2, 0.25) is 0 Å². The van der Waals surface area contributed by atoms with Gasteiger partial charge in [-0.3, -0.25) is 14.4 Å². The Kier molecular flexibility index (Phi) is 4.71. The zero-order chi connectivity index (χ0) is 15.6. The maximum absolute atomic E-state index is 11.4. The predicted molar refractivity (Wildman–Crippen MR) is 82.0 cm³/mol. The van der Waals surface area contributed by atoms with Gasteiger partial charge in [-0.15, -0.1) is 0 Å². The van der Waals surface area contributed by atoms with Crippen molar-refractivity contribution in [2.75, 3.05) is 13.1 Å². The molecule has 0 amide bonds. The van der Waals surface area contributed by atoms with Crippen molar-refractivity contribution in [2.45, 2.75) is 46.6 Å². The minimum absolute atomic E-state index is 0.211. The molecule has 2 heterocycles. The van der Waals surface area contributed by atoms with E-state index in [9.17, 15) is 9.90 Å². The number of carbonyl (C=O) groups is 1. The summed E-state index contributed by atoms with van der Waals surface area (Å²) in [6.45, 7) is 8.56. The molecule has 1 aromatic rings. The Hall–Kier alpha value is -1.36. The molecule has 1 unspecified atom stereocenters. The smallest absolute Gasteiger partial charge is 0.309 e. The lowest BCUT2D eigenvalue weighted by molar-refractivity contribution is -0.151. The number of nitrogens with zero attached hydrogens (tertiary/aromatic N) is 3. The number of hydrogen-bond donors (Lipinski definition) is 1. The number of carboxylic acids is 1. The van der Waals surface area contributed by atoms with Crippen molar-refractivity contribution in [1.82, 2.24) is 14.7 Å². The first-order valence-corrected chi connectivity index (χ1v) is 7.82. The van der Waals surface area contributed by atoms with E-state index in [1.165, 1.54) is 5.69 Å². The van der Waals surface area contributed by atoms with Gasteiger partial charge in [0.15, 0.2) is 0 Å². The third-order valence-corrected chi connectivity index (χ3v) is 4.85. The minimum Gasteiger partial charge on any atom is -0.481 e. The highest BCUT2D eigenvalue weighted by molar-refractivity contribution is 5.74. The van der Waals surface area contributed by atoms with Crippen molar-refractivity contribution < 1.29 is 9.90 Å². The molecule has 1 N–H and O–H groups in total. The highest BCUT2D eigenvalue weighted by Crippen LogP contribution is 2.34. The molecule has 0 aliphatic carbocycles. The standard InChI is InChI=1S/C16H27N3O2/c1-5-13-9-14(18(4)17-13)11-19-8-6-7-12(10-19)16(2,3)15(20)21/h9,12H,5-8,10-11H2,1-4H3,(H,20,21). The maximum Gasteiger partial charge on any atom is 0.309 e. The summed E-state index contributed by atoms with van der Waals surface area (Å²) in [6.07, 6.45) is 3.02. The molecule has 0 bridgehead atoms. The largest absolute Gasteiger partial charge is 0.481 e. The third-order valence-electron chi connectivity index (χ3n) is 4.85. The number of aliphatic carboxylic acids is 1. The van der Waals surface area contributed by atoms with Crippen molar-refractivity contribution in [1.29, 1.82) is 0 Å². The van der Waals surface area contributed by atoms with E-state index < -0.39 is 11.4 Å². The summed E-state index contributed by atoms with van der Waals surface area (Å²) in [5.74, 6) is -0.481. The summed E-state index contributed by atoms with van der Waals surface area (Å²) >= 11 is 0. The van der Waals surface area contributed by atoms with E-state index in [2.05, 4.69) is 23.0 Å². The SMILES string of the molecule is CCc1cc(CN2CCCC(C(C)(C)C(=O)O)C2)n(C)n1. The van der Waals surface area contributed by atoms with E-state index in [0.29, 0.717) is 0 Å². The molecule has 1 aliphatic heterocycles. The summed E-state index contributed by atoms with van der Waals surface area (Å²) in [5, 5.41) is 13.9. The van der Waals surface area contributed by atoms with Crippen molar-refractivity contribution >= 4 is 5.97 Å². The molecule has 118 valence electrons. The molecule has 21 heavy (non-hydrogen) atoms. The van der Waals surface area contributed by atoms with Crippen LogP contribution in [-0.2, 0) is 24.8 Å². The van der Waals surface area contributed by atoms with Crippen LogP contribution in [0.2, 0.25) is 0 Å². The molecule has 0 saturated carbocycles. The fraction of sp³-hybridized carbons (Fsp3) is 0.750. The van der Waals surface area contributed by atoms with Crippen LogP contribution in [0.15, 0.2) is 6.07 Å². The molecule has 1 fully saturated rings. The highest BCUT2D eigenvalue weighted by Gasteiger charge is 2.39. The van der Waals surface area contributed by atoms with Gasteiger partial charge < -0.3 is 5.11 Å². The van der Waals surface area contributed by atoms with Gasteiger partial charge in [-0.05, 0) is 51.6 Å². The Morgan fingerprint density at radius 1 is 1.52 bits per heavy atom. The Balaban J connectivity index is 2.04. The van der Waals surface area contributed by atoms with Crippen LogP contribution in [0.5, 0.6) is 0 Å². The Morgan fingerprint density at radius 2 is 2.24 bits per heavy atom. The highest BCUT2D eigenvalue weighted by atomic mass is 16.4. The number of piperidine rings is 1. The topological polar surface area (TPSA) is 58.4 Å². The van der Waals surface area contributed by atoms with Crippen molar-refractivity contribution in [3.8, 4) is 0 Å². The van der Waals surface area contributed by atoms with Gasteiger partial charge in [-0.2, -0.15) is 5.10 Å². The second-order valence-corrected chi connectivity index (χ2v) is 6.71. The molecule has 0 spiro atoms. The van der Waals surface area contributed by atoms with Gasteiger partial charge in [-0.1, -0.05) is 6.92 Å². The van der Waals surface area contributed by atoms with E-state index in [4.69, 9.17) is 0 Å². The fourth-order valence-electron chi connectivity index (χ4n) is 3.08. The molecule has 0 aromatic carbocycles. The van der Waals surface area contributed by atoms with Gasteiger partial charge in [-0.25, -0.2) is 0 Å². The number of hydrogen-bond acceptors (Lipinski definition) is 3. The summed E-state index contributed by atoms with van der Waals surface area (Å²) in [5.41, 5.74) is 1.67. The lowest BCUT2D eigenvalue weighted by Gasteiger charge is -2.39. The van der Waals surface area contributed by atoms with E-state index in [1.54, 1.807) is 0 Å². The lowest BCUT2D eigenvalue weighted by atomic mass is 9.74. The molecular formula is C16H27N3O2. The number of rotatable bonds is 5. The summed E-state index contributed by atoms with van der Waals surface area (Å²) < 4.78 is 1.95. The van der Waals surface area contributed by atoms with Crippen LogP contribution in [0.1, 0.15) is 45.0 Å². The molecule has 1 aliphatic rings. The average molecular weight is 293 g/mol. The second-order valence-electron chi connectivity index (χ2n) is 6.71. The summed E-state index contributed by atoms with van der Waals surface area (Å²) in [4.78, 5) is 13.8. The maximum atomic E-state index is 11.4. The van der Waals surface area contributed by atoms with Crippen LogP contribution < -0.4 is 0 Å². The van der Waals surface area contributed by atoms with Gasteiger partial charge in [0.25, 0.3) is 0 Å². The van der Waals surface area contributed by atoms with Crippen LogP contribution in [0.4, 0.5) is 0 Å². The third kappa shape index (κ3) is 3.46.